The summed E-state index contributed by atoms with van der Waals surface area (Å²) >= 11 is 0. The minimum Gasteiger partial charge on any atom is -0.455 e. The van der Waals surface area contributed by atoms with Crippen LogP contribution in [0.4, 0.5) is 5.88 Å². The molecule has 2 saturated heterocycles. The number of hydrogen-bond donors (Lipinski definition) is 1. The quantitative estimate of drug-likeness (QED) is 0.735. The second-order valence-electron chi connectivity index (χ2n) is 7.67. The third-order valence-electron chi connectivity index (χ3n) is 5.51. The number of rotatable bonds is 6. The highest BCUT2D eigenvalue weighted by atomic mass is 32.2. The van der Waals surface area contributed by atoms with E-state index in [1.165, 1.54) is 10.4 Å². The number of hydrogen-bond acceptors (Lipinski definition) is 8. The van der Waals surface area contributed by atoms with Crippen LogP contribution in [-0.2, 0) is 14.8 Å². The molecule has 30 heavy (non-hydrogen) atoms. The van der Waals surface area contributed by atoms with Gasteiger partial charge in [-0.15, -0.1) is 0 Å². The smallest absolute Gasteiger partial charge is 0.266 e. The molecule has 9 nitrogen and oxygen atoms in total. The van der Waals surface area contributed by atoms with Gasteiger partial charge in [0.25, 0.3) is 5.89 Å². The van der Waals surface area contributed by atoms with Gasteiger partial charge in [-0.05, 0) is 32.6 Å². The van der Waals surface area contributed by atoms with Gasteiger partial charge in [0.1, 0.15) is 16.7 Å². The Bertz CT molecular complexity index is 1020. The van der Waals surface area contributed by atoms with Crippen molar-refractivity contribution >= 4 is 15.9 Å². The van der Waals surface area contributed by atoms with Crippen LogP contribution in [0.1, 0.15) is 50.0 Å². The molecule has 0 radical (unpaired) electrons. The molecule has 1 N–H and O–H groups in total. The van der Waals surface area contributed by atoms with Gasteiger partial charge in [0.15, 0.2) is 5.76 Å². The molecular weight excluding hydrogens is 408 g/mol. The zero-order valence-electron chi connectivity index (χ0n) is 17.0. The number of furan rings is 1. The van der Waals surface area contributed by atoms with Gasteiger partial charge in [-0.2, -0.15) is 14.6 Å². The number of sulfonamides is 1. The third kappa shape index (κ3) is 4.24. The zero-order chi connectivity index (χ0) is 21.1. The van der Waals surface area contributed by atoms with E-state index < -0.39 is 10.0 Å². The molecule has 2 fully saturated rings. The molecule has 2 aliphatic heterocycles. The standard InChI is InChI=1S/C20H26N4O5S/c1-14-18(30(25,26)24-8-4-2-3-5-9-24)11-17(28-14)20-23-16(12-21)19(29-20)22-13-15-7-6-10-27-15/h11,15,22H,2-10,13H2,1H3/t15-/m1/s1. The Morgan fingerprint density at radius 1 is 1.23 bits per heavy atom. The van der Waals surface area contributed by atoms with E-state index in [2.05, 4.69) is 10.3 Å². The highest BCUT2D eigenvalue weighted by Gasteiger charge is 2.30. The summed E-state index contributed by atoms with van der Waals surface area (Å²) in [4.78, 5) is 4.29. The maximum atomic E-state index is 13.1. The van der Waals surface area contributed by atoms with Crippen LogP contribution >= 0.6 is 0 Å². The monoisotopic (exact) mass is 434 g/mol. The summed E-state index contributed by atoms with van der Waals surface area (Å²) in [6, 6.07) is 3.43. The molecule has 0 amide bonds. The lowest BCUT2D eigenvalue weighted by Gasteiger charge is -2.19. The molecule has 0 spiro atoms. The van der Waals surface area contributed by atoms with Crippen molar-refractivity contribution in [3.8, 4) is 17.7 Å². The van der Waals surface area contributed by atoms with Crippen molar-refractivity contribution < 1.29 is 22.0 Å². The molecule has 0 unspecified atom stereocenters. The predicted molar refractivity (Wildman–Crippen MR) is 108 cm³/mol. The number of aromatic nitrogens is 1. The Labute approximate surface area is 176 Å². The van der Waals surface area contributed by atoms with Crippen LogP contribution in [0.25, 0.3) is 11.7 Å². The number of nitrogens with one attached hydrogen (secondary N) is 1. The highest BCUT2D eigenvalue weighted by molar-refractivity contribution is 7.89. The van der Waals surface area contributed by atoms with Gasteiger partial charge in [-0.3, -0.25) is 0 Å². The zero-order valence-corrected chi connectivity index (χ0v) is 17.8. The van der Waals surface area contributed by atoms with Gasteiger partial charge >= 0.3 is 0 Å². The lowest BCUT2D eigenvalue weighted by Crippen LogP contribution is -2.32. The molecule has 2 aromatic heterocycles. The van der Waals surface area contributed by atoms with Crippen LogP contribution in [0, 0.1) is 18.3 Å². The number of aryl methyl sites for hydroxylation is 1. The molecule has 0 saturated carbocycles. The second kappa shape index (κ2) is 8.79. The topological polar surface area (TPSA) is 122 Å². The average Bonchev–Trinajstić information content (AvgIpc) is 3.42. The maximum absolute atomic E-state index is 13.1. The van der Waals surface area contributed by atoms with Crippen LogP contribution in [-0.4, -0.2) is 50.1 Å². The van der Waals surface area contributed by atoms with Crippen molar-refractivity contribution in [2.24, 2.45) is 0 Å². The van der Waals surface area contributed by atoms with Gasteiger partial charge in [0.05, 0.1) is 6.10 Å². The first kappa shape index (κ1) is 20.9. The summed E-state index contributed by atoms with van der Waals surface area (Å²) in [6.45, 7) is 3.88. The lowest BCUT2D eigenvalue weighted by molar-refractivity contribution is 0.120. The minimum absolute atomic E-state index is 0.0707. The van der Waals surface area contributed by atoms with Crippen molar-refractivity contribution in [1.82, 2.24) is 9.29 Å². The van der Waals surface area contributed by atoms with Gasteiger partial charge in [-0.25, -0.2) is 8.42 Å². The fraction of sp³-hybridized carbons (Fsp3) is 0.600. The normalized spacial score (nSPS) is 20.7. The average molecular weight is 435 g/mol. The van der Waals surface area contributed by atoms with Crippen molar-refractivity contribution in [1.29, 1.82) is 5.26 Å². The van der Waals surface area contributed by atoms with Gasteiger partial charge < -0.3 is 18.9 Å². The lowest BCUT2D eigenvalue weighted by atomic mass is 10.2. The van der Waals surface area contributed by atoms with Crippen LogP contribution in [0.3, 0.4) is 0 Å². The number of ether oxygens (including phenoxy) is 1. The van der Waals surface area contributed by atoms with E-state index in [1.54, 1.807) is 6.92 Å². The maximum Gasteiger partial charge on any atom is 0.266 e. The van der Waals surface area contributed by atoms with Crippen LogP contribution < -0.4 is 5.32 Å². The minimum atomic E-state index is -3.66. The first-order valence-electron chi connectivity index (χ1n) is 10.4. The molecular formula is C20H26N4O5S. The summed E-state index contributed by atoms with van der Waals surface area (Å²) < 4.78 is 44.7. The largest absolute Gasteiger partial charge is 0.455 e. The first-order chi connectivity index (χ1) is 14.5. The van der Waals surface area contributed by atoms with Gasteiger partial charge in [0, 0.05) is 32.3 Å². The molecule has 0 aliphatic carbocycles. The molecule has 4 heterocycles. The predicted octanol–water partition coefficient (Wildman–Crippen LogP) is 3.27. The number of nitrogens with zero attached hydrogens (tertiary/aromatic N) is 3. The van der Waals surface area contributed by atoms with E-state index in [9.17, 15) is 13.7 Å². The SMILES string of the molecule is Cc1oc(-c2nc(C#N)c(NC[C@H]3CCCO3)o2)cc1S(=O)(=O)N1CCCCCC1. The van der Waals surface area contributed by atoms with Crippen LogP contribution in [0.15, 0.2) is 19.8 Å². The third-order valence-corrected chi connectivity index (χ3v) is 7.52. The van der Waals surface area contributed by atoms with E-state index in [0.717, 1.165) is 45.1 Å². The van der Waals surface area contributed by atoms with E-state index in [0.29, 0.717) is 19.6 Å². The van der Waals surface area contributed by atoms with E-state index in [1.807, 2.05) is 6.07 Å². The van der Waals surface area contributed by atoms with Gasteiger partial charge in [0.2, 0.25) is 21.6 Å². The Balaban J connectivity index is 1.57. The Morgan fingerprint density at radius 3 is 2.67 bits per heavy atom. The summed E-state index contributed by atoms with van der Waals surface area (Å²) in [5, 5.41) is 12.4. The van der Waals surface area contributed by atoms with Crippen molar-refractivity contribution in [2.75, 3.05) is 31.6 Å². The van der Waals surface area contributed by atoms with Crippen molar-refractivity contribution in [3.63, 3.8) is 0 Å². The number of nitriles is 1. The van der Waals surface area contributed by atoms with Crippen molar-refractivity contribution in [3.05, 3.63) is 17.5 Å². The second-order valence-corrected chi connectivity index (χ2v) is 9.58. The summed E-state index contributed by atoms with van der Waals surface area (Å²) in [5.74, 6) is 0.762. The Kier molecular flexibility index (Phi) is 6.13. The highest BCUT2D eigenvalue weighted by Crippen LogP contribution is 2.32. The van der Waals surface area contributed by atoms with E-state index in [-0.39, 0.29) is 40.0 Å². The van der Waals surface area contributed by atoms with Crippen molar-refractivity contribution in [2.45, 2.75) is 56.4 Å². The molecule has 0 aromatic carbocycles. The van der Waals surface area contributed by atoms with Crippen LogP contribution in [0.2, 0.25) is 0 Å². The first-order valence-corrected chi connectivity index (χ1v) is 11.8. The summed E-state index contributed by atoms with van der Waals surface area (Å²) in [6.07, 6.45) is 5.82. The summed E-state index contributed by atoms with van der Waals surface area (Å²) in [5.41, 5.74) is 0.0916. The van der Waals surface area contributed by atoms with Gasteiger partial charge in [-0.1, -0.05) is 12.8 Å². The molecule has 0 bridgehead atoms. The Morgan fingerprint density at radius 2 is 2.00 bits per heavy atom. The molecule has 4 rings (SSSR count). The number of oxazole rings is 1. The number of anilines is 1. The fourth-order valence-electron chi connectivity index (χ4n) is 3.88. The van der Waals surface area contributed by atoms with E-state index >= 15 is 0 Å². The Hall–Kier alpha value is -2.35. The molecule has 1 atom stereocenters. The van der Waals surface area contributed by atoms with Crippen LogP contribution in [0.5, 0.6) is 0 Å². The molecule has 162 valence electrons. The fourth-order valence-corrected chi connectivity index (χ4v) is 5.56. The molecule has 2 aromatic rings. The molecule has 2 aliphatic rings. The van der Waals surface area contributed by atoms with E-state index in [4.69, 9.17) is 13.6 Å². The summed E-state index contributed by atoms with van der Waals surface area (Å²) in [7, 11) is -3.66. The molecule has 10 heteroatoms.